The van der Waals surface area contributed by atoms with Gasteiger partial charge >= 0.3 is 6.03 Å². The first-order valence-electron chi connectivity index (χ1n) is 12.7. The number of anilines is 1. The summed E-state index contributed by atoms with van der Waals surface area (Å²) in [6, 6.07) is 21.1. The lowest BCUT2D eigenvalue weighted by molar-refractivity contribution is -0.120. The Morgan fingerprint density at radius 1 is 0.975 bits per heavy atom. The number of carbonyl (C=O) groups excluding carboxylic acids is 2. The first kappa shape index (κ1) is 28.8. The van der Waals surface area contributed by atoms with E-state index in [1.165, 1.54) is 22.3 Å². The molecule has 1 unspecified atom stereocenters. The number of amides is 3. The highest BCUT2D eigenvalue weighted by atomic mass is 32.2. The van der Waals surface area contributed by atoms with E-state index < -0.39 is 22.1 Å². The number of nitrogens with zero attached hydrogens (tertiary/aromatic N) is 1. The van der Waals surface area contributed by atoms with E-state index in [2.05, 4.69) is 10.0 Å². The standard InChI is InChI=1S/C30H31N3O5S2/c1-4-33(24-13-15-25(38-3)16-14-24)29(34)27(19-22-9-6-5-7-10-22)31-30(35)32-40(36,37)28-12-8-11-26(21(28)2)23-17-18-39-20-23/h5-18,20,27H,4,19H2,1-3H3,(H2,31,32,35). The lowest BCUT2D eigenvalue weighted by Crippen LogP contribution is -2.53. The largest absolute Gasteiger partial charge is 0.497 e. The van der Waals surface area contributed by atoms with E-state index in [9.17, 15) is 18.0 Å². The Morgan fingerprint density at radius 2 is 1.70 bits per heavy atom. The Hall–Kier alpha value is -4.15. The summed E-state index contributed by atoms with van der Waals surface area (Å²) in [4.78, 5) is 28.4. The first-order valence-corrected chi connectivity index (χ1v) is 15.1. The summed E-state index contributed by atoms with van der Waals surface area (Å²) in [5.41, 5.74) is 3.63. The molecule has 3 aromatic carbocycles. The summed E-state index contributed by atoms with van der Waals surface area (Å²) < 4.78 is 33.9. The fourth-order valence-corrected chi connectivity index (χ4v) is 6.31. The predicted molar refractivity (Wildman–Crippen MR) is 158 cm³/mol. The van der Waals surface area contributed by atoms with Crippen molar-refractivity contribution in [3.8, 4) is 16.9 Å². The number of nitrogens with one attached hydrogen (secondary N) is 2. The van der Waals surface area contributed by atoms with Crippen molar-refractivity contribution in [1.82, 2.24) is 10.0 Å². The quantitative estimate of drug-likeness (QED) is 0.263. The molecule has 0 fully saturated rings. The maximum absolute atomic E-state index is 13.7. The molecule has 0 radical (unpaired) electrons. The molecule has 0 saturated heterocycles. The molecule has 10 heteroatoms. The van der Waals surface area contributed by atoms with Crippen LogP contribution in [0.5, 0.6) is 5.75 Å². The summed E-state index contributed by atoms with van der Waals surface area (Å²) in [6.45, 7) is 3.87. The van der Waals surface area contributed by atoms with Crippen LogP contribution >= 0.6 is 11.3 Å². The predicted octanol–water partition coefficient (Wildman–Crippen LogP) is 5.38. The normalized spacial score (nSPS) is 11.9. The lowest BCUT2D eigenvalue weighted by atomic mass is 10.0. The molecule has 208 valence electrons. The van der Waals surface area contributed by atoms with Crippen molar-refractivity contribution in [3.05, 3.63) is 101 Å². The van der Waals surface area contributed by atoms with Gasteiger partial charge in [0.1, 0.15) is 11.8 Å². The van der Waals surface area contributed by atoms with Gasteiger partial charge in [0.2, 0.25) is 5.91 Å². The van der Waals surface area contributed by atoms with Gasteiger partial charge < -0.3 is 15.0 Å². The molecule has 3 amide bonds. The molecule has 0 aliphatic rings. The van der Waals surface area contributed by atoms with Crippen molar-refractivity contribution in [2.45, 2.75) is 31.2 Å². The van der Waals surface area contributed by atoms with Crippen LogP contribution in [0.1, 0.15) is 18.1 Å². The highest BCUT2D eigenvalue weighted by Gasteiger charge is 2.29. The second-order valence-corrected chi connectivity index (χ2v) is 11.5. The number of thiophene rings is 1. The van der Waals surface area contributed by atoms with Gasteiger partial charge in [-0.1, -0.05) is 42.5 Å². The van der Waals surface area contributed by atoms with E-state index >= 15 is 0 Å². The zero-order chi connectivity index (χ0) is 28.7. The third-order valence-corrected chi connectivity index (χ3v) is 8.64. The number of hydrogen-bond acceptors (Lipinski definition) is 6. The van der Waals surface area contributed by atoms with Gasteiger partial charge in [-0.25, -0.2) is 17.9 Å². The first-order chi connectivity index (χ1) is 19.2. The maximum atomic E-state index is 13.7. The summed E-state index contributed by atoms with van der Waals surface area (Å²) in [6.07, 6.45) is 0.173. The molecule has 0 aliphatic heterocycles. The van der Waals surface area contributed by atoms with Crippen molar-refractivity contribution in [3.63, 3.8) is 0 Å². The molecular formula is C30H31N3O5S2. The Balaban J connectivity index is 1.58. The highest BCUT2D eigenvalue weighted by Crippen LogP contribution is 2.29. The van der Waals surface area contributed by atoms with E-state index in [-0.39, 0.29) is 17.2 Å². The van der Waals surface area contributed by atoms with Gasteiger partial charge in [0, 0.05) is 18.7 Å². The molecule has 1 aromatic heterocycles. The van der Waals surface area contributed by atoms with Crippen LogP contribution in [0, 0.1) is 6.92 Å². The molecule has 8 nitrogen and oxygen atoms in total. The summed E-state index contributed by atoms with van der Waals surface area (Å²) >= 11 is 1.51. The molecule has 40 heavy (non-hydrogen) atoms. The minimum Gasteiger partial charge on any atom is -0.497 e. The number of ether oxygens (including phenoxy) is 1. The molecule has 0 aliphatic carbocycles. The number of sulfonamides is 1. The van der Waals surface area contributed by atoms with Crippen molar-refractivity contribution in [2.75, 3.05) is 18.6 Å². The van der Waals surface area contributed by atoms with E-state index in [1.54, 1.807) is 44.4 Å². The molecular weight excluding hydrogens is 546 g/mol. The van der Waals surface area contributed by atoms with E-state index in [4.69, 9.17) is 4.74 Å². The molecule has 2 N–H and O–H groups in total. The number of hydrogen-bond donors (Lipinski definition) is 2. The monoisotopic (exact) mass is 577 g/mol. The van der Waals surface area contributed by atoms with Gasteiger partial charge in [0.15, 0.2) is 0 Å². The number of benzene rings is 3. The second-order valence-electron chi connectivity index (χ2n) is 9.04. The summed E-state index contributed by atoms with van der Waals surface area (Å²) in [7, 11) is -2.67. The smallest absolute Gasteiger partial charge is 0.329 e. The Morgan fingerprint density at radius 3 is 2.33 bits per heavy atom. The number of likely N-dealkylation sites (N-methyl/N-ethyl adjacent to an activating group) is 1. The molecule has 1 heterocycles. The molecule has 4 aromatic rings. The molecule has 0 saturated carbocycles. The van der Waals surface area contributed by atoms with Gasteiger partial charge in [-0.3, -0.25) is 4.79 Å². The lowest BCUT2D eigenvalue weighted by Gasteiger charge is -2.27. The number of rotatable bonds is 10. The second kappa shape index (κ2) is 12.8. The molecule has 1 atom stereocenters. The van der Waals surface area contributed by atoms with Crippen LogP contribution in [0.15, 0.2) is 94.5 Å². The Labute approximate surface area is 238 Å². The summed E-state index contributed by atoms with van der Waals surface area (Å²) in [5, 5.41) is 6.46. The topological polar surface area (TPSA) is 105 Å². The van der Waals surface area contributed by atoms with E-state index in [0.717, 1.165) is 16.7 Å². The van der Waals surface area contributed by atoms with Crippen LogP contribution in [-0.4, -0.2) is 40.1 Å². The minimum absolute atomic E-state index is 0.00861. The van der Waals surface area contributed by atoms with Gasteiger partial charge in [0.05, 0.1) is 12.0 Å². The van der Waals surface area contributed by atoms with Crippen molar-refractivity contribution in [1.29, 1.82) is 0 Å². The van der Waals surface area contributed by atoms with Gasteiger partial charge in [-0.05, 0) is 83.3 Å². The van der Waals surface area contributed by atoms with Crippen molar-refractivity contribution < 1.29 is 22.7 Å². The average Bonchev–Trinajstić information content (AvgIpc) is 3.48. The van der Waals surface area contributed by atoms with Gasteiger partial charge in [-0.2, -0.15) is 11.3 Å². The zero-order valence-electron chi connectivity index (χ0n) is 22.5. The van der Waals surface area contributed by atoms with E-state index in [0.29, 0.717) is 23.5 Å². The van der Waals surface area contributed by atoms with Crippen LogP contribution in [-0.2, 0) is 21.2 Å². The number of carbonyl (C=O) groups is 2. The molecule has 0 bridgehead atoms. The highest BCUT2D eigenvalue weighted by molar-refractivity contribution is 7.90. The van der Waals surface area contributed by atoms with Crippen LogP contribution in [0.4, 0.5) is 10.5 Å². The van der Waals surface area contributed by atoms with Gasteiger partial charge in [-0.15, -0.1) is 0 Å². The Bertz CT molecular complexity index is 1550. The fourth-order valence-electron chi connectivity index (χ4n) is 4.47. The van der Waals surface area contributed by atoms with Crippen LogP contribution < -0.4 is 19.7 Å². The Kier molecular flexibility index (Phi) is 9.23. The maximum Gasteiger partial charge on any atom is 0.329 e. The third-order valence-electron chi connectivity index (χ3n) is 6.49. The molecule has 4 rings (SSSR count). The van der Waals surface area contributed by atoms with Crippen molar-refractivity contribution in [2.24, 2.45) is 0 Å². The fraction of sp³-hybridized carbons (Fsp3) is 0.200. The SMILES string of the molecule is CCN(C(=O)C(Cc1ccccc1)NC(=O)NS(=O)(=O)c1cccc(-c2ccsc2)c1C)c1ccc(OC)cc1. The molecule has 0 spiro atoms. The minimum atomic E-state index is -4.23. The van der Waals surface area contributed by atoms with Crippen molar-refractivity contribution >= 4 is 39.0 Å². The summed E-state index contributed by atoms with van der Waals surface area (Å²) in [5.74, 6) is 0.272. The average molecular weight is 578 g/mol. The zero-order valence-corrected chi connectivity index (χ0v) is 24.1. The van der Waals surface area contributed by atoms with E-state index in [1.807, 2.05) is 60.1 Å². The van der Waals surface area contributed by atoms with Crippen LogP contribution in [0.25, 0.3) is 11.1 Å². The van der Waals surface area contributed by atoms with Crippen LogP contribution in [0.2, 0.25) is 0 Å². The number of urea groups is 1. The third kappa shape index (κ3) is 6.70. The van der Waals surface area contributed by atoms with Crippen LogP contribution in [0.3, 0.4) is 0 Å². The van der Waals surface area contributed by atoms with Gasteiger partial charge in [0.25, 0.3) is 10.0 Å². The number of methoxy groups -OCH3 is 1.